The number of nitrogens with zero attached hydrogens (tertiary/aromatic N) is 2. The van der Waals surface area contributed by atoms with Crippen LogP contribution in [0, 0.1) is 11.3 Å². The van der Waals surface area contributed by atoms with Crippen molar-refractivity contribution in [2.24, 2.45) is 0 Å². The van der Waals surface area contributed by atoms with Crippen molar-refractivity contribution in [2.75, 3.05) is 31.5 Å². The molecule has 2 unspecified atom stereocenters. The third-order valence-corrected chi connectivity index (χ3v) is 3.92. The van der Waals surface area contributed by atoms with Gasteiger partial charge in [0.2, 0.25) is 0 Å². The van der Waals surface area contributed by atoms with Crippen LogP contribution < -0.4 is 5.32 Å². The van der Waals surface area contributed by atoms with Gasteiger partial charge in [0, 0.05) is 31.9 Å². The minimum absolute atomic E-state index is 0.203. The van der Waals surface area contributed by atoms with Gasteiger partial charge in [-0.25, -0.2) is 0 Å². The van der Waals surface area contributed by atoms with E-state index in [1.54, 1.807) is 6.07 Å². The maximum absolute atomic E-state index is 12.9. The minimum atomic E-state index is -4.52. The van der Waals surface area contributed by atoms with Gasteiger partial charge in [-0.1, -0.05) is 0 Å². The zero-order chi connectivity index (χ0) is 17.7. The van der Waals surface area contributed by atoms with Crippen LogP contribution in [0.15, 0.2) is 18.2 Å². The average Bonchev–Trinajstić information content (AvgIpc) is 2.49. The summed E-state index contributed by atoms with van der Waals surface area (Å²) in [5.74, 6) is 0. The standard InChI is InChI=1S/C17H22F3N3O/c1-12-10-23(11-13(2)24-12)7-3-6-22-15-5-4-14(9-21)16(8-15)17(18,19)20/h4-5,8,12-13,22H,3,6-7,10-11H2,1-2H3. The van der Waals surface area contributed by atoms with Crippen LogP contribution in [0.3, 0.4) is 0 Å². The summed E-state index contributed by atoms with van der Waals surface area (Å²) in [5, 5.41) is 11.8. The first-order valence-electron chi connectivity index (χ1n) is 8.02. The van der Waals surface area contributed by atoms with Gasteiger partial charge in [-0.15, -0.1) is 0 Å². The first kappa shape index (κ1) is 18.6. The number of nitriles is 1. The molecule has 1 saturated heterocycles. The molecule has 0 saturated carbocycles. The third kappa shape index (κ3) is 5.11. The van der Waals surface area contributed by atoms with Gasteiger partial charge in [0.15, 0.2) is 0 Å². The van der Waals surface area contributed by atoms with Gasteiger partial charge in [-0.2, -0.15) is 18.4 Å². The summed E-state index contributed by atoms with van der Waals surface area (Å²) < 4.78 is 44.4. The monoisotopic (exact) mass is 341 g/mol. The van der Waals surface area contributed by atoms with Crippen LogP contribution in [-0.4, -0.2) is 43.3 Å². The number of rotatable bonds is 5. The molecular formula is C17H22F3N3O. The number of alkyl halides is 3. The molecule has 1 aromatic rings. The van der Waals surface area contributed by atoms with Crippen LogP contribution in [0.1, 0.15) is 31.4 Å². The Balaban J connectivity index is 1.85. The highest BCUT2D eigenvalue weighted by atomic mass is 19.4. The molecule has 0 aliphatic carbocycles. The fourth-order valence-electron chi connectivity index (χ4n) is 2.99. The number of hydrogen-bond donors (Lipinski definition) is 1. The highest BCUT2D eigenvalue weighted by Crippen LogP contribution is 2.33. The van der Waals surface area contributed by atoms with Crippen LogP contribution >= 0.6 is 0 Å². The molecule has 1 N–H and O–H groups in total. The molecule has 0 spiro atoms. The Morgan fingerprint density at radius 2 is 1.96 bits per heavy atom. The third-order valence-electron chi connectivity index (χ3n) is 3.92. The zero-order valence-electron chi connectivity index (χ0n) is 13.9. The van der Waals surface area contributed by atoms with E-state index in [-0.39, 0.29) is 17.8 Å². The lowest BCUT2D eigenvalue weighted by molar-refractivity contribution is -0.137. The Morgan fingerprint density at radius 3 is 2.54 bits per heavy atom. The topological polar surface area (TPSA) is 48.3 Å². The number of nitrogens with one attached hydrogen (secondary N) is 1. The van der Waals surface area contributed by atoms with E-state index in [0.29, 0.717) is 12.2 Å². The van der Waals surface area contributed by atoms with E-state index in [4.69, 9.17) is 10.00 Å². The lowest BCUT2D eigenvalue weighted by Gasteiger charge is -2.35. The average molecular weight is 341 g/mol. The lowest BCUT2D eigenvalue weighted by atomic mass is 10.1. The van der Waals surface area contributed by atoms with Gasteiger partial charge >= 0.3 is 6.18 Å². The SMILES string of the molecule is CC1CN(CCCNc2ccc(C#N)c(C(F)(F)F)c2)CC(C)O1. The summed E-state index contributed by atoms with van der Waals surface area (Å²) in [6, 6.07) is 5.29. The molecule has 0 bridgehead atoms. The van der Waals surface area contributed by atoms with E-state index in [0.717, 1.165) is 32.1 Å². The molecule has 1 aliphatic rings. The number of hydrogen-bond acceptors (Lipinski definition) is 4. The van der Waals surface area contributed by atoms with Crippen molar-refractivity contribution in [3.05, 3.63) is 29.3 Å². The van der Waals surface area contributed by atoms with Crippen molar-refractivity contribution in [3.63, 3.8) is 0 Å². The zero-order valence-corrected chi connectivity index (χ0v) is 13.9. The summed E-state index contributed by atoms with van der Waals surface area (Å²) in [6.07, 6.45) is -3.30. The first-order chi connectivity index (χ1) is 11.3. The van der Waals surface area contributed by atoms with E-state index in [9.17, 15) is 13.2 Å². The van der Waals surface area contributed by atoms with Crippen molar-refractivity contribution in [2.45, 2.75) is 38.7 Å². The molecule has 132 valence electrons. The molecule has 1 heterocycles. The maximum atomic E-state index is 12.9. The second-order valence-corrected chi connectivity index (χ2v) is 6.17. The van der Waals surface area contributed by atoms with E-state index in [1.165, 1.54) is 12.1 Å². The minimum Gasteiger partial charge on any atom is -0.385 e. The van der Waals surface area contributed by atoms with Gasteiger partial charge in [-0.05, 0) is 38.5 Å². The molecule has 0 amide bonds. The Bertz CT molecular complexity index is 588. The van der Waals surface area contributed by atoms with Crippen molar-refractivity contribution >= 4 is 5.69 Å². The highest BCUT2D eigenvalue weighted by Gasteiger charge is 2.33. The molecule has 0 radical (unpaired) electrons. The summed E-state index contributed by atoms with van der Waals surface area (Å²) >= 11 is 0. The summed E-state index contributed by atoms with van der Waals surface area (Å²) in [4.78, 5) is 2.31. The Labute approximate surface area is 140 Å². The molecule has 2 atom stereocenters. The summed E-state index contributed by atoms with van der Waals surface area (Å²) in [7, 11) is 0. The number of halogens is 3. The number of morpholine rings is 1. The predicted molar refractivity (Wildman–Crippen MR) is 85.7 cm³/mol. The molecule has 1 aromatic carbocycles. The van der Waals surface area contributed by atoms with Gasteiger partial charge in [0.05, 0.1) is 29.4 Å². The fraction of sp³-hybridized carbons (Fsp3) is 0.588. The quantitative estimate of drug-likeness (QED) is 0.833. The van der Waals surface area contributed by atoms with Crippen molar-refractivity contribution in [3.8, 4) is 6.07 Å². The molecule has 1 fully saturated rings. The van der Waals surface area contributed by atoms with E-state index in [1.807, 2.05) is 13.8 Å². The van der Waals surface area contributed by atoms with Gasteiger partial charge < -0.3 is 10.1 Å². The maximum Gasteiger partial charge on any atom is 0.417 e. The second-order valence-electron chi connectivity index (χ2n) is 6.17. The van der Waals surface area contributed by atoms with Gasteiger partial charge in [0.1, 0.15) is 0 Å². The van der Waals surface area contributed by atoms with Crippen molar-refractivity contribution in [1.82, 2.24) is 4.90 Å². The molecule has 1 aliphatic heterocycles. The molecule has 24 heavy (non-hydrogen) atoms. The molecular weight excluding hydrogens is 319 g/mol. The van der Waals surface area contributed by atoms with E-state index >= 15 is 0 Å². The van der Waals surface area contributed by atoms with Crippen LogP contribution in [-0.2, 0) is 10.9 Å². The molecule has 4 nitrogen and oxygen atoms in total. The van der Waals surface area contributed by atoms with Crippen LogP contribution in [0.5, 0.6) is 0 Å². The largest absolute Gasteiger partial charge is 0.417 e. The molecule has 7 heteroatoms. The lowest BCUT2D eigenvalue weighted by Crippen LogP contribution is -2.45. The predicted octanol–water partition coefficient (Wildman–Crippen LogP) is 3.49. The molecule has 2 rings (SSSR count). The fourth-order valence-corrected chi connectivity index (χ4v) is 2.99. The highest BCUT2D eigenvalue weighted by molar-refractivity contribution is 5.53. The van der Waals surface area contributed by atoms with Crippen LogP contribution in [0.25, 0.3) is 0 Å². The normalized spacial score (nSPS) is 22.2. The van der Waals surface area contributed by atoms with Gasteiger partial charge in [-0.3, -0.25) is 4.90 Å². The van der Waals surface area contributed by atoms with Crippen LogP contribution in [0.4, 0.5) is 18.9 Å². The van der Waals surface area contributed by atoms with Crippen molar-refractivity contribution < 1.29 is 17.9 Å². The van der Waals surface area contributed by atoms with Crippen molar-refractivity contribution in [1.29, 1.82) is 5.26 Å². The summed E-state index contributed by atoms with van der Waals surface area (Å²) in [5.41, 5.74) is -0.875. The number of benzene rings is 1. The Kier molecular flexibility index (Phi) is 6.08. The molecule has 0 aromatic heterocycles. The number of anilines is 1. The summed E-state index contributed by atoms with van der Waals surface area (Å²) in [6.45, 7) is 7.27. The Hall–Kier alpha value is -1.78. The van der Waals surface area contributed by atoms with E-state index < -0.39 is 11.7 Å². The van der Waals surface area contributed by atoms with Gasteiger partial charge in [0.25, 0.3) is 0 Å². The second kappa shape index (κ2) is 7.86. The Morgan fingerprint density at radius 1 is 1.29 bits per heavy atom. The smallest absolute Gasteiger partial charge is 0.385 e. The van der Waals surface area contributed by atoms with Crippen LogP contribution in [0.2, 0.25) is 0 Å². The van der Waals surface area contributed by atoms with E-state index in [2.05, 4.69) is 10.2 Å². The number of ether oxygens (including phenoxy) is 1. The first-order valence-corrected chi connectivity index (χ1v) is 8.02.